The van der Waals surface area contributed by atoms with E-state index >= 15 is 0 Å². The molecule has 0 fully saturated rings. The van der Waals surface area contributed by atoms with Gasteiger partial charge in [-0.1, -0.05) is 0 Å². The Morgan fingerprint density at radius 2 is 1.84 bits per heavy atom. The number of thiazole rings is 1. The molecule has 0 bridgehead atoms. The van der Waals surface area contributed by atoms with Gasteiger partial charge in [0.15, 0.2) is 0 Å². The highest BCUT2D eigenvalue weighted by atomic mass is 32.1. The molecule has 0 aliphatic carbocycles. The monoisotopic (exact) mass is 447 g/mol. The summed E-state index contributed by atoms with van der Waals surface area (Å²) in [6, 6.07) is 14.4. The minimum absolute atomic E-state index is 0.147. The number of amides is 1. The van der Waals surface area contributed by atoms with Crippen molar-refractivity contribution in [1.29, 1.82) is 0 Å². The maximum absolute atomic E-state index is 12.3. The molecule has 4 rings (SSSR count). The van der Waals surface area contributed by atoms with E-state index < -0.39 is 0 Å². The number of hydrogen-bond donors (Lipinski definition) is 1. The number of methoxy groups -OCH3 is 1. The number of benzene rings is 1. The van der Waals surface area contributed by atoms with Gasteiger partial charge in [-0.25, -0.2) is 9.67 Å². The van der Waals surface area contributed by atoms with E-state index in [0.29, 0.717) is 18.7 Å². The molecule has 0 atom stereocenters. The topological polar surface area (TPSA) is 99.0 Å². The fraction of sp³-hybridized carbons (Fsp3) is 0.174. The molecule has 32 heavy (non-hydrogen) atoms. The standard InChI is InChI=1S/C23H21N5O3S/c1-31-19-4-2-17(3-5-19)23-26-18(15-32-23)10-13-25-21(29)14-28-22(30)7-6-20(27-28)16-8-11-24-12-9-16/h2-9,11-12,15H,10,13-14H2,1H3,(H,25,29). The molecule has 3 heterocycles. The fourth-order valence-corrected chi connectivity index (χ4v) is 3.91. The SMILES string of the molecule is COc1ccc(-c2nc(CCNC(=O)Cn3nc(-c4ccncc4)ccc3=O)cs2)cc1. The summed E-state index contributed by atoms with van der Waals surface area (Å²) in [6.45, 7) is 0.273. The lowest BCUT2D eigenvalue weighted by Gasteiger charge is -2.08. The molecule has 0 radical (unpaired) electrons. The van der Waals surface area contributed by atoms with E-state index in [1.54, 1.807) is 49.0 Å². The van der Waals surface area contributed by atoms with Gasteiger partial charge in [0.25, 0.3) is 5.56 Å². The van der Waals surface area contributed by atoms with Crippen LogP contribution in [0.3, 0.4) is 0 Å². The molecule has 0 saturated heterocycles. The first kappa shape index (κ1) is 21.4. The first-order chi connectivity index (χ1) is 15.6. The van der Waals surface area contributed by atoms with Crippen molar-refractivity contribution in [3.05, 3.63) is 82.4 Å². The number of ether oxygens (including phenoxy) is 1. The van der Waals surface area contributed by atoms with Crippen LogP contribution in [0.4, 0.5) is 0 Å². The molecule has 0 unspecified atom stereocenters. The Balaban J connectivity index is 1.32. The number of carbonyl (C=O) groups excluding carboxylic acids is 1. The molecular weight excluding hydrogens is 426 g/mol. The Morgan fingerprint density at radius 1 is 1.06 bits per heavy atom. The van der Waals surface area contributed by atoms with Gasteiger partial charge in [-0.15, -0.1) is 11.3 Å². The average Bonchev–Trinajstić information content (AvgIpc) is 3.30. The fourth-order valence-electron chi connectivity index (χ4n) is 3.05. The van der Waals surface area contributed by atoms with Crippen molar-refractivity contribution in [2.75, 3.05) is 13.7 Å². The lowest BCUT2D eigenvalue weighted by atomic mass is 10.2. The highest BCUT2D eigenvalue weighted by Crippen LogP contribution is 2.25. The maximum Gasteiger partial charge on any atom is 0.267 e. The van der Waals surface area contributed by atoms with Crippen LogP contribution in [0.1, 0.15) is 5.69 Å². The van der Waals surface area contributed by atoms with E-state index in [1.807, 2.05) is 29.6 Å². The van der Waals surface area contributed by atoms with Crippen LogP contribution < -0.4 is 15.6 Å². The van der Waals surface area contributed by atoms with Crippen molar-refractivity contribution in [2.45, 2.75) is 13.0 Å². The van der Waals surface area contributed by atoms with E-state index in [-0.39, 0.29) is 18.0 Å². The molecule has 0 aliphatic rings. The van der Waals surface area contributed by atoms with Gasteiger partial charge in [-0.3, -0.25) is 14.6 Å². The Labute approximate surface area is 188 Å². The van der Waals surface area contributed by atoms with Crippen molar-refractivity contribution >= 4 is 17.2 Å². The third kappa shape index (κ3) is 5.25. The summed E-state index contributed by atoms with van der Waals surface area (Å²) in [7, 11) is 1.63. The normalized spacial score (nSPS) is 10.7. The maximum atomic E-state index is 12.3. The summed E-state index contributed by atoms with van der Waals surface area (Å²) in [4.78, 5) is 33.0. The Hall–Kier alpha value is -3.85. The highest BCUT2D eigenvalue weighted by Gasteiger charge is 2.09. The molecule has 8 nitrogen and oxygen atoms in total. The molecule has 0 aliphatic heterocycles. The van der Waals surface area contributed by atoms with E-state index in [0.717, 1.165) is 32.3 Å². The van der Waals surface area contributed by atoms with E-state index in [4.69, 9.17) is 4.74 Å². The summed E-state index contributed by atoms with van der Waals surface area (Å²) >= 11 is 1.55. The van der Waals surface area contributed by atoms with Crippen LogP contribution in [0.15, 0.2) is 71.1 Å². The first-order valence-electron chi connectivity index (χ1n) is 9.96. The predicted molar refractivity (Wildman–Crippen MR) is 123 cm³/mol. The van der Waals surface area contributed by atoms with Gasteiger partial charge in [0, 0.05) is 47.9 Å². The third-order valence-corrected chi connectivity index (χ3v) is 5.67. The van der Waals surface area contributed by atoms with Crippen LogP contribution in [0.25, 0.3) is 21.8 Å². The summed E-state index contributed by atoms with van der Waals surface area (Å²) in [5.41, 5.74) is 3.02. The van der Waals surface area contributed by atoms with Crippen LogP contribution in [0, 0.1) is 0 Å². The van der Waals surface area contributed by atoms with E-state index in [9.17, 15) is 9.59 Å². The van der Waals surface area contributed by atoms with Gasteiger partial charge >= 0.3 is 0 Å². The van der Waals surface area contributed by atoms with Crippen molar-refractivity contribution in [1.82, 2.24) is 25.1 Å². The van der Waals surface area contributed by atoms with Crippen molar-refractivity contribution in [3.8, 4) is 27.6 Å². The Morgan fingerprint density at radius 3 is 2.59 bits per heavy atom. The zero-order valence-corrected chi connectivity index (χ0v) is 18.2. The van der Waals surface area contributed by atoms with Crippen LogP contribution >= 0.6 is 11.3 Å². The number of rotatable bonds is 8. The van der Waals surface area contributed by atoms with Gasteiger partial charge in [0.05, 0.1) is 18.5 Å². The van der Waals surface area contributed by atoms with E-state index in [1.165, 1.54) is 6.07 Å². The minimum atomic E-state index is -0.332. The molecular formula is C23H21N5O3S. The van der Waals surface area contributed by atoms with E-state index in [2.05, 4.69) is 20.4 Å². The molecule has 9 heteroatoms. The molecule has 1 amide bonds. The van der Waals surface area contributed by atoms with Gasteiger partial charge < -0.3 is 10.1 Å². The van der Waals surface area contributed by atoms with Crippen LogP contribution in [0.5, 0.6) is 5.75 Å². The van der Waals surface area contributed by atoms with Crippen LogP contribution in [-0.2, 0) is 17.8 Å². The smallest absolute Gasteiger partial charge is 0.267 e. The predicted octanol–water partition coefficient (Wildman–Crippen LogP) is 2.80. The largest absolute Gasteiger partial charge is 0.497 e. The van der Waals surface area contributed by atoms with Gasteiger partial charge in [0.2, 0.25) is 5.91 Å². The lowest BCUT2D eigenvalue weighted by Crippen LogP contribution is -2.34. The number of hydrogen-bond acceptors (Lipinski definition) is 7. The summed E-state index contributed by atoms with van der Waals surface area (Å²) in [6.07, 6.45) is 3.90. The van der Waals surface area contributed by atoms with Crippen molar-refractivity contribution < 1.29 is 9.53 Å². The summed E-state index contributed by atoms with van der Waals surface area (Å²) < 4.78 is 6.34. The summed E-state index contributed by atoms with van der Waals surface area (Å²) in [5, 5.41) is 10.0. The average molecular weight is 448 g/mol. The molecule has 4 aromatic rings. The third-order valence-electron chi connectivity index (χ3n) is 4.73. The van der Waals surface area contributed by atoms with Crippen LogP contribution in [0.2, 0.25) is 0 Å². The molecule has 162 valence electrons. The quantitative estimate of drug-likeness (QED) is 0.446. The summed E-state index contributed by atoms with van der Waals surface area (Å²) in [5.74, 6) is 0.519. The zero-order chi connectivity index (χ0) is 22.3. The number of nitrogens with one attached hydrogen (secondary N) is 1. The molecule has 1 aromatic carbocycles. The Kier molecular flexibility index (Phi) is 6.66. The van der Waals surface area contributed by atoms with Gasteiger partial charge in [0.1, 0.15) is 17.3 Å². The second-order valence-corrected chi connectivity index (χ2v) is 7.78. The minimum Gasteiger partial charge on any atom is -0.497 e. The first-order valence-corrected chi connectivity index (χ1v) is 10.8. The van der Waals surface area contributed by atoms with Gasteiger partial charge in [-0.05, 0) is 42.5 Å². The van der Waals surface area contributed by atoms with Gasteiger partial charge in [-0.2, -0.15) is 5.10 Å². The van der Waals surface area contributed by atoms with Crippen molar-refractivity contribution in [3.63, 3.8) is 0 Å². The molecule has 1 N–H and O–H groups in total. The molecule has 3 aromatic heterocycles. The number of carbonyl (C=O) groups is 1. The Bertz CT molecular complexity index is 1250. The molecule has 0 saturated carbocycles. The second-order valence-electron chi connectivity index (χ2n) is 6.92. The van der Waals surface area contributed by atoms with Crippen molar-refractivity contribution in [2.24, 2.45) is 0 Å². The second kappa shape index (κ2) is 9.97. The molecule has 0 spiro atoms. The highest BCUT2D eigenvalue weighted by molar-refractivity contribution is 7.13. The number of pyridine rings is 1. The zero-order valence-electron chi connectivity index (χ0n) is 17.4. The van der Waals surface area contributed by atoms with Crippen LogP contribution in [-0.4, -0.2) is 39.3 Å². The number of aromatic nitrogens is 4. The number of nitrogens with zero attached hydrogens (tertiary/aromatic N) is 4. The lowest BCUT2D eigenvalue weighted by molar-refractivity contribution is -0.121.